The van der Waals surface area contributed by atoms with Gasteiger partial charge in [-0.2, -0.15) is 13.2 Å². The molecule has 0 amide bonds. The second-order valence-electron chi connectivity index (χ2n) is 5.87. The van der Waals surface area contributed by atoms with Crippen molar-refractivity contribution in [3.63, 3.8) is 0 Å². The number of phenolic OH excluding ortho intramolecular Hbond substituents is 1. The molecule has 9 heteroatoms. The van der Waals surface area contributed by atoms with Gasteiger partial charge in [0, 0.05) is 29.7 Å². The van der Waals surface area contributed by atoms with E-state index in [4.69, 9.17) is 16.3 Å². The summed E-state index contributed by atoms with van der Waals surface area (Å²) < 4.78 is 46.9. The van der Waals surface area contributed by atoms with Crippen molar-refractivity contribution >= 4 is 29.0 Å². The molecular formula is C18H13ClF3NO4. The third-order valence-electron chi connectivity index (χ3n) is 4.42. The number of fused-ring (bicyclic) bond motifs is 1. The van der Waals surface area contributed by atoms with Gasteiger partial charge in [0.15, 0.2) is 5.71 Å². The zero-order chi connectivity index (χ0) is 20.0. The number of methoxy groups -OCH3 is 1. The number of carbonyl (C=O) groups is 1. The van der Waals surface area contributed by atoms with Gasteiger partial charge in [0.25, 0.3) is 0 Å². The molecule has 1 aliphatic heterocycles. The Morgan fingerprint density at radius 3 is 2.48 bits per heavy atom. The van der Waals surface area contributed by atoms with Gasteiger partial charge in [-0.25, -0.2) is 9.79 Å². The standard InChI is InChI=1S/C18H13ClF3NO4/c1-27-17(18(20,21)22)14-10(8-9-4-2-3-5-11(9)19)13(24)7-6-12(14)23-15(17)16(25)26/h2-7,24H,8H2,1H3,(H,25,26). The molecule has 1 atom stereocenters. The monoisotopic (exact) mass is 399 g/mol. The summed E-state index contributed by atoms with van der Waals surface area (Å²) in [6.45, 7) is 0. The lowest BCUT2D eigenvalue weighted by Gasteiger charge is -2.32. The Morgan fingerprint density at radius 2 is 1.93 bits per heavy atom. The molecule has 0 radical (unpaired) electrons. The van der Waals surface area contributed by atoms with E-state index in [-0.39, 0.29) is 17.7 Å². The molecule has 27 heavy (non-hydrogen) atoms. The first-order valence-electron chi connectivity index (χ1n) is 7.66. The summed E-state index contributed by atoms with van der Waals surface area (Å²) in [7, 11) is 0.754. The average molecular weight is 400 g/mol. The second-order valence-corrected chi connectivity index (χ2v) is 6.28. The number of phenols is 1. The number of aliphatic imine (C=N–C) groups is 1. The molecule has 142 valence electrons. The lowest BCUT2D eigenvalue weighted by atomic mass is 9.83. The van der Waals surface area contributed by atoms with E-state index in [1.807, 2.05) is 0 Å². The summed E-state index contributed by atoms with van der Waals surface area (Å²) in [6, 6.07) is 8.74. The number of carboxylic acids is 1. The van der Waals surface area contributed by atoms with Crippen LogP contribution in [0, 0.1) is 0 Å². The maximum atomic E-state index is 14.1. The quantitative estimate of drug-likeness (QED) is 0.807. The number of aromatic hydroxyl groups is 1. The van der Waals surface area contributed by atoms with Crippen LogP contribution >= 0.6 is 11.6 Å². The molecule has 2 aromatic carbocycles. The Labute approximate surface area is 156 Å². The van der Waals surface area contributed by atoms with Crippen LogP contribution in [-0.2, 0) is 21.6 Å². The van der Waals surface area contributed by atoms with Crippen molar-refractivity contribution in [2.75, 3.05) is 7.11 Å². The van der Waals surface area contributed by atoms with Gasteiger partial charge >= 0.3 is 12.1 Å². The van der Waals surface area contributed by atoms with Gasteiger partial charge in [-0.1, -0.05) is 29.8 Å². The molecule has 3 rings (SSSR count). The van der Waals surface area contributed by atoms with E-state index in [0.29, 0.717) is 10.6 Å². The van der Waals surface area contributed by atoms with Gasteiger partial charge in [0.05, 0.1) is 5.69 Å². The van der Waals surface area contributed by atoms with Crippen LogP contribution in [0.2, 0.25) is 5.02 Å². The summed E-state index contributed by atoms with van der Waals surface area (Å²) in [5.41, 5.74) is -4.98. The third kappa shape index (κ3) is 2.85. The van der Waals surface area contributed by atoms with E-state index in [0.717, 1.165) is 19.2 Å². The van der Waals surface area contributed by atoms with Crippen LogP contribution in [0.1, 0.15) is 16.7 Å². The van der Waals surface area contributed by atoms with Crippen molar-refractivity contribution in [3.05, 3.63) is 58.1 Å². The van der Waals surface area contributed by atoms with Gasteiger partial charge in [0.2, 0.25) is 5.60 Å². The maximum absolute atomic E-state index is 14.1. The summed E-state index contributed by atoms with van der Waals surface area (Å²) >= 11 is 6.09. The molecule has 2 aromatic rings. The first kappa shape index (κ1) is 19.2. The molecule has 0 saturated carbocycles. The molecule has 0 aliphatic carbocycles. The van der Waals surface area contributed by atoms with Gasteiger partial charge < -0.3 is 14.9 Å². The fraction of sp³-hybridized carbons (Fsp3) is 0.222. The number of carboxylic acid groups (broad SMARTS) is 1. The number of aliphatic carboxylic acids is 1. The predicted molar refractivity (Wildman–Crippen MR) is 91.8 cm³/mol. The van der Waals surface area contributed by atoms with Crippen LogP contribution in [0.15, 0.2) is 41.4 Å². The highest BCUT2D eigenvalue weighted by Crippen LogP contribution is 2.54. The first-order valence-corrected chi connectivity index (χ1v) is 8.04. The number of benzene rings is 2. The molecule has 0 bridgehead atoms. The maximum Gasteiger partial charge on any atom is 0.427 e. The Bertz CT molecular complexity index is 958. The Kier molecular flexibility index (Phi) is 4.65. The van der Waals surface area contributed by atoms with Crippen LogP contribution < -0.4 is 0 Å². The third-order valence-corrected chi connectivity index (χ3v) is 4.79. The molecule has 0 spiro atoms. The van der Waals surface area contributed by atoms with E-state index < -0.39 is 34.8 Å². The number of alkyl halides is 3. The van der Waals surface area contributed by atoms with Crippen molar-refractivity contribution in [3.8, 4) is 5.75 Å². The largest absolute Gasteiger partial charge is 0.508 e. The van der Waals surface area contributed by atoms with Gasteiger partial charge in [0.1, 0.15) is 5.75 Å². The highest BCUT2D eigenvalue weighted by Gasteiger charge is 2.66. The van der Waals surface area contributed by atoms with Crippen LogP contribution in [0.3, 0.4) is 0 Å². The topological polar surface area (TPSA) is 79.1 Å². The van der Waals surface area contributed by atoms with Crippen molar-refractivity contribution in [1.29, 1.82) is 0 Å². The normalized spacial score (nSPS) is 18.9. The average Bonchev–Trinajstić information content (AvgIpc) is 2.95. The van der Waals surface area contributed by atoms with Crippen molar-refractivity contribution in [2.45, 2.75) is 18.2 Å². The molecular weight excluding hydrogens is 387 g/mol. The van der Waals surface area contributed by atoms with E-state index in [9.17, 15) is 28.2 Å². The second kappa shape index (κ2) is 6.54. The number of hydrogen-bond acceptors (Lipinski definition) is 4. The highest BCUT2D eigenvalue weighted by atomic mass is 35.5. The van der Waals surface area contributed by atoms with E-state index in [1.54, 1.807) is 24.3 Å². The fourth-order valence-electron chi connectivity index (χ4n) is 3.23. The van der Waals surface area contributed by atoms with E-state index in [1.165, 1.54) is 0 Å². The minimum atomic E-state index is -5.13. The molecule has 0 aromatic heterocycles. The van der Waals surface area contributed by atoms with E-state index in [2.05, 4.69) is 4.99 Å². The highest BCUT2D eigenvalue weighted by molar-refractivity contribution is 6.41. The SMILES string of the molecule is COC1(C(F)(F)F)C(C(=O)O)=Nc2ccc(O)c(Cc3ccccc3Cl)c21. The Morgan fingerprint density at radius 1 is 1.26 bits per heavy atom. The molecule has 1 heterocycles. The number of ether oxygens (including phenoxy) is 1. The van der Waals surface area contributed by atoms with Crippen molar-refractivity contribution in [1.82, 2.24) is 0 Å². The molecule has 1 unspecified atom stereocenters. The number of nitrogens with zero attached hydrogens (tertiary/aromatic N) is 1. The van der Waals surface area contributed by atoms with Crippen LogP contribution in [0.4, 0.5) is 18.9 Å². The van der Waals surface area contributed by atoms with Gasteiger partial charge in [-0.15, -0.1) is 0 Å². The number of rotatable bonds is 4. The van der Waals surface area contributed by atoms with E-state index >= 15 is 0 Å². The van der Waals surface area contributed by atoms with Crippen LogP contribution in [0.25, 0.3) is 0 Å². The summed E-state index contributed by atoms with van der Waals surface area (Å²) in [5, 5.41) is 19.9. The van der Waals surface area contributed by atoms with Crippen LogP contribution in [-0.4, -0.2) is 35.2 Å². The first-order chi connectivity index (χ1) is 12.6. The lowest BCUT2D eigenvalue weighted by Crippen LogP contribution is -2.52. The summed E-state index contributed by atoms with van der Waals surface area (Å²) in [4.78, 5) is 15.1. The van der Waals surface area contributed by atoms with Gasteiger partial charge in [-0.05, 0) is 23.8 Å². The smallest absolute Gasteiger partial charge is 0.427 e. The number of halogens is 4. The molecule has 2 N–H and O–H groups in total. The van der Waals surface area contributed by atoms with Crippen LogP contribution in [0.5, 0.6) is 5.75 Å². The lowest BCUT2D eigenvalue weighted by molar-refractivity contribution is -0.245. The Balaban J connectivity index is 2.30. The molecule has 1 aliphatic rings. The zero-order valence-corrected chi connectivity index (χ0v) is 14.6. The fourth-order valence-corrected chi connectivity index (χ4v) is 3.43. The molecule has 5 nitrogen and oxygen atoms in total. The number of hydrogen-bond donors (Lipinski definition) is 2. The summed E-state index contributed by atoms with van der Waals surface area (Å²) in [5.74, 6) is -2.31. The van der Waals surface area contributed by atoms with Crippen molar-refractivity contribution in [2.24, 2.45) is 4.99 Å². The Hall–Kier alpha value is -2.58. The molecule has 0 fully saturated rings. The minimum absolute atomic E-state index is 0.153. The zero-order valence-electron chi connectivity index (χ0n) is 13.8. The minimum Gasteiger partial charge on any atom is -0.508 e. The molecule has 0 saturated heterocycles. The summed E-state index contributed by atoms with van der Waals surface area (Å²) in [6.07, 6.45) is -5.30. The van der Waals surface area contributed by atoms with Gasteiger partial charge in [-0.3, -0.25) is 0 Å². The van der Waals surface area contributed by atoms with Crippen molar-refractivity contribution < 1.29 is 32.9 Å². The predicted octanol–water partition coefficient (Wildman–Crippen LogP) is 4.21.